The zero-order chi connectivity index (χ0) is 26.2. The summed E-state index contributed by atoms with van der Waals surface area (Å²) in [7, 11) is 0. The van der Waals surface area contributed by atoms with Crippen LogP contribution in [0, 0.1) is 0 Å². The highest BCUT2D eigenvalue weighted by Gasteiger charge is 2.19. The summed E-state index contributed by atoms with van der Waals surface area (Å²) in [6.07, 6.45) is 3.35. The minimum atomic E-state index is -0.360. The van der Waals surface area contributed by atoms with Gasteiger partial charge in [0.25, 0.3) is 5.91 Å². The number of amides is 1. The SMILES string of the molecule is NCCN(CCN)c1nc(Nc2ccc(NC(=O)c3ccc(Cl)cc3)c(O)c2)nc(N2CCCCC2)n1. The monoisotopic (exact) mass is 525 g/mol. The molecule has 37 heavy (non-hydrogen) atoms. The molecule has 1 aliphatic rings. The van der Waals surface area contributed by atoms with E-state index in [1.165, 1.54) is 12.5 Å². The van der Waals surface area contributed by atoms with Crippen LogP contribution >= 0.6 is 11.6 Å². The van der Waals surface area contributed by atoms with Crippen molar-refractivity contribution in [3.8, 4) is 5.75 Å². The number of carbonyl (C=O) groups is 1. The van der Waals surface area contributed by atoms with E-state index in [0.29, 0.717) is 60.3 Å². The lowest BCUT2D eigenvalue weighted by Crippen LogP contribution is -2.36. The maximum Gasteiger partial charge on any atom is 0.255 e. The van der Waals surface area contributed by atoms with Crippen LogP contribution in [-0.2, 0) is 0 Å². The second-order valence-electron chi connectivity index (χ2n) is 8.69. The molecule has 2 heterocycles. The number of carbonyl (C=O) groups excluding carboxylic acids is 1. The number of phenolic OH excluding ortho intramolecular Hbond substituents is 1. The van der Waals surface area contributed by atoms with Crippen molar-refractivity contribution in [2.75, 3.05) is 59.7 Å². The van der Waals surface area contributed by atoms with Gasteiger partial charge < -0.3 is 37.0 Å². The first-order valence-electron chi connectivity index (χ1n) is 12.3. The fourth-order valence-electron chi connectivity index (χ4n) is 4.05. The molecule has 0 radical (unpaired) electrons. The molecule has 7 N–H and O–H groups in total. The first-order chi connectivity index (χ1) is 18.0. The normalized spacial score (nSPS) is 13.3. The summed E-state index contributed by atoms with van der Waals surface area (Å²) in [5.74, 6) is 0.945. The summed E-state index contributed by atoms with van der Waals surface area (Å²) >= 11 is 5.89. The Kier molecular flexibility index (Phi) is 8.94. The number of nitrogens with one attached hydrogen (secondary N) is 2. The van der Waals surface area contributed by atoms with E-state index in [1.54, 1.807) is 36.4 Å². The zero-order valence-corrected chi connectivity index (χ0v) is 21.3. The maximum atomic E-state index is 12.5. The van der Waals surface area contributed by atoms with E-state index in [4.69, 9.17) is 28.1 Å². The molecule has 0 atom stereocenters. The van der Waals surface area contributed by atoms with Gasteiger partial charge in [0.15, 0.2) is 0 Å². The Labute approximate surface area is 220 Å². The van der Waals surface area contributed by atoms with Crippen molar-refractivity contribution in [3.05, 3.63) is 53.1 Å². The van der Waals surface area contributed by atoms with Gasteiger partial charge in [-0.05, 0) is 55.7 Å². The molecule has 1 aliphatic heterocycles. The van der Waals surface area contributed by atoms with Crippen molar-refractivity contribution in [2.45, 2.75) is 19.3 Å². The average Bonchev–Trinajstić information content (AvgIpc) is 2.91. The quantitative estimate of drug-likeness (QED) is 0.249. The molecule has 3 aromatic rings. The molecule has 0 saturated carbocycles. The second-order valence-corrected chi connectivity index (χ2v) is 9.13. The third-order valence-electron chi connectivity index (χ3n) is 5.94. The average molecular weight is 526 g/mol. The Balaban J connectivity index is 1.56. The Bertz CT molecular complexity index is 1200. The molecule has 0 aliphatic carbocycles. The molecule has 12 heteroatoms. The van der Waals surface area contributed by atoms with Crippen molar-refractivity contribution < 1.29 is 9.90 Å². The molecule has 0 unspecified atom stereocenters. The van der Waals surface area contributed by atoms with E-state index >= 15 is 0 Å². The van der Waals surface area contributed by atoms with Gasteiger partial charge in [-0.1, -0.05) is 11.6 Å². The number of benzene rings is 2. The second kappa shape index (κ2) is 12.5. The highest BCUT2D eigenvalue weighted by Crippen LogP contribution is 2.29. The van der Waals surface area contributed by atoms with Crippen LogP contribution in [0.2, 0.25) is 5.02 Å². The first-order valence-corrected chi connectivity index (χ1v) is 12.7. The van der Waals surface area contributed by atoms with Crippen LogP contribution in [0.15, 0.2) is 42.5 Å². The fraction of sp³-hybridized carbons (Fsp3) is 0.360. The predicted molar refractivity (Wildman–Crippen MR) is 147 cm³/mol. The molecule has 11 nitrogen and oxygen atoms in total. The van der Waals surface area contributed by atoms with Gasteiger partial charge in [-0.2, -0.15) is 15.0 Å². The predicted octanol–water partition coefficient (Wildman–Crippen LogP) is 2.94. The number of halogens is 1. The van der Waals surface area contributed by atoms with Crippen molar-refractivity contribution in [1.29, 1.82) is 0 Å². The highest BCUT2D eigenvalue weighted by atomic mass is 35.5. The van der Waals surface area contributed by atoms with Gasteiger partial charge in [-0.25, -0.2) is 0 Å². The lowest BCUT2D eigenvalue weighted by atomic mass is 10.1. The number of hydrogen-bond acceptors (Lipinski definition) is 10. The number of anilines is 5. The van der Waals surface area contributed by atoms with Crippen LogP contribution in [-0.4, -0.2) is 65.2 Å². The third kappa shape index (κ3) is 6.97. The summed E-state index contributed by atoms with van der Waals surface area (Å²) in [4.78, 5) is 30.6. The first kappa shape index (κ1) is 26.4. The van der Waals surface area contributed by atoms with Crippen molar-refractivity contribution in [3.63, 3.8) is 0 Å². The van der Waals surface area contributed by atoms with Crippen molar-refractivity contribution in [2.24, 2.45) is 11.5 Å². The number of nitrogens with two attached hydrogens (primary N) is 2. The standard InChI is InChI=1S/C25H32ClN9O2/c26-18-6-4-17(5-7-18)22(37)30-20-9-8-19(16-21(20)36)29-23-31-24(34-12-2-1-3-13-34)33-25(32-23)35(14-10-27)15-11-28/h4-9,16,36H,1-3,10-15,27-28H2,(H,30,37)(H,29,31,32,33). The number of aromatic nitrogens is 3. The van der Waals surface area contributed by atoms with Crippen LogP contribution in [0.1, 0.15) is 29.6 Å². The lowest BCUT2D eigenvalue weighted by Gasteiger charge is -2.28. The maximum absolute atomic E-state index is 12.5. The number of piperidine rings is 1. The summed E-state index contributed by atoms with van der Waals surface area (Å²) in [6.45, 7) is 3.74. The molecule has 1 amide bonds. The lowest BCUT2D eigenvalue weighted by molar-refractivity contribution is 0.102. The summed E-state index contributed by atoms with van der Waals surface area (Å²) in [6, 6.07) is 11.3. The largest absolute Gasteiger partial charge is 0.506 e. The molecule has 2 aromatic carbocycles. The highest BCUT2D eigenvalue weighted by molar-refractivity contribution is 6.30. The number of aromatic hydroxyl groups is 1. The van der Waals surface area contributed by atoms with Gasteiger partial charge in [-0.15, -0.1) is 0 Å². The minimum Gasteiger partial charge on any atom is -0.506 e. The van der Waals surface area contributed by atoms with E-state index in [9.17, 15) is 9.90 Å². The molecule has 196 valence electrons. The summed E-state index contributed by atoms with van der Waals surface area (Å²) in [5.41, 5.74) is 12.9. The Morgan fingerprint density at radius 3 is 2.35 bits per heavy atom. The molecule has 4 rings (SSSR count). The molecular formula is C25H32ClN9O2. The van der Waals surface area contributed by atoms with Crippen molar-refractivity contribution >= 4 is 46.7 Å². The minimum absolute atomic E-state index is 0.106. The van der Waals surface area contributed by atoms with Gasteiger partial charge in [0, 0.05) is 61.6 Å². The Hall–Kier alpha value is -3.67. The van der Waals surface area contributed by atoms with Crippen LogP contribution < -0.4 is 31.9 Å². The third-order valence-corrected chi connectivity index (χ3v) is 6.19. The van der Waals surface area contributed by atoms with Crippen LogP contribution in [0.3, 0.4) is 0 Å². The number of nitrogens with zero attached hydrogens (tertiary/aromatic N) is 5. The number of phenols is 1. The van der Waals surface area contributed by atoms with E-state index in [2.05, 4.69) is 25.5 Å². The van der Waals surface area contributed by atoms with E-state index < -0.39 is 0 Å². The van der Waals surface area contributed by atoms with E-state index in [-0.39, 0.29) is 17.3 Å². The molecule has 0 spiro atoms. The van der Waals surface area contributed by atoms with Gasteiger partial charge in [0.1, 0.15) is 5.75 Å². The molecular weight excluding hydrogens is 494 g/mol. The Morgan fingerprint density at radius 1 is 1.00 bits per heavy atom. The Morgan fingerprint density at radius 2 is 1.70 bits per heavy atom. The van der Waals surface area contributed by atoms with Crippen LogP contribution in [0.5, 0.6) is 5.75 Å². The van der Waals surface area contributed by atoms with Gasteiger partial charge in [0.2, 0.25) is 17.8 Å². The van der Waals surface area contributed by atoms with Gasteiger partial charge in [0.05, 0.1) is 5.69 Å². The number of rotatable bonds is 10. The van der Waals surface area contributed by atoms with E-state index in [0.717, 1.165) is 25.9 Å². The van der Waals surface area contributed by atoms with Crippen LogP contribution in [0.25, 0.3) is 0 Å². The zero-order valence-electron chi connectivity index (χ0n) is 20.5. The molecule has 1 aromatic heterocycles. The van der Waals surface area contributed by atoms with Crippen molar-refractivity contribution in [1.82, 2.24) is 15.0 Å². The summed E-state index contributed by atoms with van der Waals surface area (Å²) in [5, 5.41) is 17.0. The molecule has 0 bridgehead atoms. The fourth-order valence-corrected chi connectivity index (χ4v) is 4.18. The molecule has 1 saturated heterocycles. The van der Waals surface area contributed by atoms with Crippen LogP contribution in [0.4, 0.5) is 29.2 Å². The summed E-state index contributed by atoms with van der Waals surface area (Å²) < 4.78 is 0. The molecule has 1 fully saturated rings. The smallest absolute Gasteiger partial charge is 0.255 e. The topological polar surface area (TPSA) is 159 Å². The van der Waals surface area contributed by atoms with E-state index in [1.807, 2.05) is 4.90 Å². The number of hydrogen-bond donors (Lipinski definition) is 5. The van der Waals surface area contributed by atoms with Gasteiger partial charge >= 0.3 is 0 Å². The van der Waals surface area contributed by atoms with Gasteiger partial charge in [-0.3, -0.25) is 4.79 Å².